The predicted octanol–water partition coefficient (Wildman–Crippen LogP) is 2.54. The van der Waals surface area contributed by atoms with E-state index in [9.17, 15) is 9.59 Å². The molecule has 1 aromatic carbocycles. The van der Waals surface area contributed by atoms with Crippen molar-refractivity contribution in [2.45, 2.75) is 6.42 Å². The highest BCUT2D eigenvalue weighted by atomic mass is 35.5. The van der Waals surface area contributed by atoms with Crippen molar-refractivity contribution >= 4 is 35.1 Å². The average Bonchev–Trinajstić information content (AvgIpc) is 2.81. The molecule has 6 heteroatoms. The third-order valence-corrected chi connectivity index (χ3v) is 3.83. The number of carbonyl (C=O) groups excluding carboxylic acids is 1. The molecule has 18 heavy (non-hydrogen) atoms. The molecule has 1 aliphatic heterocycles. The molecule has 1 fully saturated rings. The van der Waals surface area contributed by atoms with Crippen LogP contribution in [0.5, 0.6) is 0 Å². The maximum Gasteiger partial charge on any atom is 0.308 e. The lowest BCUT2D eigenvalue weighted by Crippen LogP contribution is -2.30. The van der Waals surface area contributed by atoms with E-state index >= 15 is 0 Å². The number of rotatable bonds is 2. The Labute approximate surface area is 114 Å². The Morgan fingerprint density at radius 2 is 2.06 bits per heavy atom. The fourth-order valence-electron chi connectivity index (χ4n) is 1.99. The molecule has 0 bridgehead atoms. The number of hydrogen-bond acceptors (Lipinski definition) is 2. The second kappa shape index (κ2) is 5.16. The van der Waals surface area contributed by atoms with Gasteiger partial charge in [-0.1, -0.05) is 29.3 Å². The van der Waals surface area contributed by atoms with Crippen molar-refractivity contribution in [3.8, 4) is 0 Å². The van der Waals surface area contributed by atoms with Gasteiger partial charge in [0.15, 0.2) is 0 Å². The van der Waals surface area contributed by atoms with Crippen molar-refractivity contribution < 1.29 is 14.7 Å². The van der Waals surface area contributed by atoms with Gasteiger partial charge in [-0.3, -0.25) is 9.59 Å². The van der Waals surface area contributed by atoms with Crippen LogP contribution in [0.2, 0.25) is 10.0 Å². The molecular formula is C12H11Cl2NO3. The summed E-state index contributed by atoms with van der Waals surface area (Å²) in [6.07, 6.45) is 0.471. The van der Waals surface area contributed by atoms with Crippen molar-refractivity contribution in [3.63, 3.8) is 0 Å². The maximum atomic E-state index is 12.2. The molecule has 4 nitrogen and oxygen atoms in total. The molecule has 1 atom stereocenters. The zero-order chi connectivity index (χ0) is 13.3. The van der Waals surface area contributed by atoms with Crippen LogP contribution in [0.3, 0.4) is 0 Å². The summed E-state index contributed by atoms with van der Waals surface area (Å²) in [4.78, 5) is 24.5. The summed E-state index contributed by atoms with van der Waals surface area (Å²) < 4.78 is 0. The van der Waals surface area contributed by atoms with Gasteiger partial charge in [0.05, 0.1) is 21.5 Å². The van der Waals surface area contributed by atoms with Gasteiger partial charge in [-0.25, -0.2) is 0 Å². The van der Waals surface area contributed by atoms with Gasteiger partial charge >= 0.3 is 5.97 Å². The average molecular weight is 288 g/mol. The summed E-state index contributed by atoms with van der Waals surface area (Å²) in [6.45, 7) is 0.648. The maximum absolute atomic E-state index is 12.2. The molecule has 0 spiro atoms. The number of aliphatic carboxylic acids is 1. The molecular weight excluding hydrogens is 277 g/mol. The van der Waals surface area contributed by atoms with E-state index in [0.29, 0.717) is 23.6 Å². The lowest BCUT2D eigenvalue weighted by atomic mass is 10.1. The normalized spacial score (nSPS) is 19.0. The number of halogens is 2. The summed E-state index contributed by atoms with van der Waals surface area (Å²) in [5, 5.41) is 9.42. The molecule has 96 valence electrons. The monoisotopic (exact) mass is 287 g/mol. The van der Waals surface area contributed by atoms with Gasteiger partial charge in [0.1, 0.15) is 0 Å². The quantitative estimate of drug-likeness (QED) is 0.909. The number of carbonyl (C=O) groups is 2. The van der Waals surface area contributed by atoms with E-state index in [0.717, 1.165) is 0 Å². The van der Waals surface area contributed by atoms with E-state index in [-0.39, 0.29) is 17.5 Å². The minimum Gasteiger partial charge on any atom is -0.481 e. The smallest absolute Gasteiger partial charge is 0.308 e. The van der Waals surface area contributed by atoms with Crippen LogP contribution >= 0.6 is 23.2 Å². The zero-order valence-electron chi connectivity index (χ0n) is 9.40. The Hall–Kier alpha value is -1.26. The van der Waals surface area contributed by atoms with Gasteiger partial charge in [0.2, 0.25) is 0 Å². The van der Waals surface area contributed by atoms with Crippen LogP contribution in [-0.2, 0) is 4.79 Å². The third kappa shape index (κ3) is 2.44. The highest BCUT2D eigenvalue weighted by Crippen LogP contribution is 2.28. The van der Waals surface area contributed by atoms with E-state index in [1.807, 2.05) is 0 Å². The first-order valence-electron chi connectivity index (χ1n) is 5.47. The van der Waals surface area contributed by atoms with Gasteiger partial charge in [0.25, 0.3) is 5.91 Å². The molecule has 1 saturated heterocycles. The van der Waals surface area contributed by atoms with Crippen LogP contribution in [0.15, 0.2) is 18.2 Å². The zero-order valence-corrected chi connectivity index (χ0v) is 10.9. The summed E-state index contributed by atoms with van der Waals surface area (Å²) in [7, 11) is 0. The fraction of sp³-hybridized carbons (Fsp3) is 0.333. The van der Waals surface area contributed by atoms with Gasteiger partial charge < -0.3 is 10.0 Å². The first kappa shape index (κ1) is 13.2. The van der Waals surface area contributed by atoms with Gasteiger partial charge in [-0.05, 0) is 18.6 Å². The molecule has 0 aliphatic carbocycles. The highest BCUT2D eigenvalue weighted by molar-refractivity contribution is 6.43. The van der Waals surface area contributed by atoms with Crippen LogP contribution in [0, 0.1) is 5.92 Å². The van der Waals surface area contributed by atoms with E-state index in [1.54, 1.807) is 18.2 Å². The van der Waals surface area contributed by atoms with E-state index in [1.165, 1.54) is 4.90 Å². The SMILES string of the molecule is O=C(O)[C@@H]1CCN(C(=O)c2cccc(Cl)c2Cl)C1. The molecule has 0 unspecified atom stereocenters. The standard InChI is InChI=1S/C12H11Cl2NO3/c13-9-3-1-2-8(10(9)14)11(16)15-5-4-7(6-15)12(17)18/h1-3,7H,4-6H2,(H,17,18)/t7-/m1/s1. The predicted molar refractivity (Wildman–Crippen MR) is 68.1 cm³/mol. The van der Waals surface area contributed by atoms with Gasteiger partial charge in [-0.2, -0.15) is 0 Å². The van der Waals surface area contributed by atoms with Crippen LogP contribution in [-0.4, -0.2) is 35.0 Å². The Bertz CT molecular complexity index is 504. The fourth-order valence-corrected chi connectivity index (χ4v) is 2.37. The molecule has 0 saturated carbocycles. The second-order valence-electron chi connectivity index (χ2n) is 4.18. The van der Waals surface area contributed by atoms with Gasteiger partial charge in [0, 0.05) is 13.1 Å². The number of amides is 1. The minimum atomic E-state index is -0.873. The van der Waals surface area contributed by atoms with Crippen molar-refractivity contribution in [1.82, 2.24) is 4.90 Å². The lowest BCUT2D eigenvalue weighted by molar-refractivity contribution is -0.141. The first-order chi connectivity index (χ1) is 8.50. The van der Waals surface area contributed by atoms with Crippen molar-refractivity contribution in [1.29, 1.82) is 0 Å². The molecule has 1 heterocycles. The van der Waals surface area contributed by atoms with Crippen molar-refractivity contribution in [3.05, 3.63) is 33.8 Å². The number of likely N-dealkylation sites (tertiary alicyclic amines) is 1. The van der Waals surface area contributed by atoms with Gasteiger partial charge in [-0.15, -0.1) is 0 Å². The Kier molecular flexibility index (Phi) is 3.78. The first-order valence-corrected chi connectivity index (χ1v) is 6.22. The van der Waals surface area contributed by atoms with Crippen LogP contribution in [0.4, 0.5) is 0 Å². The van der Waals surface area contributed by atoms with E-state index in [4.69, 9.17) is 28.3 Å². The van der Waals surface area contributed by atoms with E-state index in [2.05, 4.69) is 0 Å². The van der Waals surface area contributed by atoms with Crippen molar-refractivity contribution in [2.75, 3.05) is 13.1 Å². The largest absolute Gasteiger partial charge is 0.481 e. The minimum absolute atomic E-state index is 0.211. The molecule has 1 aliphatic rings. The molecule has 1 N–H and O–H groups in total. The topological polar surface area (TPSA) is 57.6 Å². The van der Waals surface area contributed by atoms with Crippen LogP contribution in [0.1, 0.15) is 16.8 Å². The molecule has 1 aromatic rings. The molecule has 0 radical (unpaired) electrons. The second-order valence-corrected chi connectivity index (χ2v) is 4.96. The van der Waals surface area contributed by atoms with Crippen LogP contribution < -0.4 is 0 Å². The molecule has 2 rings (SSSR count). The summed E-state index contributed by atoms with van der Waals surface area (Å²) >= 11 is 11.8. The number of hydrogen-bond donors (Lipinski definition) is 1. The summed E-state index contributed by atoms with van der Waals surface area (Å²) in [5.74, 6) is -1.64. The Balaban J connectivity index is 2.18. The number of carboxylic acids is 1. The molecule has 0 aromatic heterocycles. The highest BCUT2D eigenvalue weighted by Gasteiger charge is 2.32. The number of carboxylic acid groups (broad SMARTS) is 1. The Morgan fingerprint density at radius 1 is 1.33 bits per heavy atom. The summed E-state index contributed by atoms with van der Waals surface area (Å²) in [5.41, 5.74) is 0.315. The summed E-state index contributed by atoms with van der Waals surface area (Å²) in [6, 6.07) is 4.83. The Morgan fingerprint density at radius 3 is 2.67 bits per heavy atom. The number of benzene rings is 1. The number of nitrogens with zero attached hydrogens (tertiary/aromatic N) is 1. The lowest BCUT2D eigenvalue weighted by Gasteiger charge is -2.16. The van der Waals surface area contributed by atoms with Crippen LogP contribution in [0.25, 0.3) is 0 Å². The third-order valence-electron chi connectivity index (χ3n) is 3.01. The van der Waals surface area contributed by atoms with E-state index < -0.39 is 11.9 Å². The van der Waals surface area contributed by atoms with Crippen molar-refractivity contribution in [2.24, 2.45) is 5.92 Å². The molecule has 1 amide bonds.